The van der Waals surface area contributed by atoms with E-state index in [-0.39, 0.29) is 11.9 Å². The van der Waals surface area contributed by atoms with Gasteiger partial charge in [-0.25, -0.2) is 0 Å². The highest BCUT2D eigenvalue weighted by Gasteiger charge is 2.33. The zero-order valence-electron chi connectivity index (χ0n) is 9.04. The van der Waals surface area contributed by atoms with Gasteiger partial charge in [-0.2, -0.15) is 0 Å². The first-order valence-electron chi connectivity index (χ1n) is 5.41. The van der Waals surface area contributed by atoms with E-state index < -0.39 is 6.04 Å². The van der Waals surface area contributed by atoms with Crippen LogP contribution in [0.15, 0.2) is 24.5 Å². The first kappa shape index (κ1) is 10.9. The van der Waals surface area contributed by atoms with Crippen LogP contribution >= 0.6 is 0 Å². The van der Waals surface area contributed by atoms with Crippen LogP contribution in [0.3, 0.4) is 0 Å². The van der Waals surface area contributed by atoms with Crippen molar-refractivity contribution in [1.82, 2.24) is 4.98 Å². The molecule has 0 aliphatic carbocycles. The average Bonchev–Trinajstić information content (AvgIpc) is 2.29. The fraction of sp³-hybridized carbons (Fsp3) is 0.455. The van der Waals surface area contributed by atoms with Crippen LogP contribution in [0, 0.1) is 0 Å². The zero-order chi connectivity index (χ0) is 11.5. The molecular weight excluding hydrogens is 204 g/mol. The van der Waals surface area contributed by atoms with Gasteiger partial charge in [0.15, 0.2) is 0 Å². The molecular formula is C11H16N4O. The summed E-state index contributed by atoms with van der Waals surface area (Å²) in [6, 6.07) is 3.15. The van der Waals surface area contributed by atoms with Crippen LogP contribution in [0.4, 0.5) is 5.69 Å². The molecule has 2 heterocycles. The molecule has 0 aromatic carbocycles. The van der Waals surface area contributed by atoms with Gasteiger partial charge in [-0.1, -0.05) is 0 Å². The van der Waals surface area contributed by atoms with Crippen molar-refractivity contribution in [2.75, 3.05) is 11.4 Å². The lowest BCUT2D eigenvalue weighted by molar-refractivity contribution is -0.120. The van der Waals surface area contributed by atoms with Crippen molar-refractivity contribution in [3.05, 3.63) is 24.5 Å². The third-order valence-electron chi connectivity index (χ3n) is 2.96. The molecule has 0 saturated carbocycles. The molecule has 0 spiro atoms. The van der Waals surface area contributed by atoms with Crippen LogP contribution in [-0.4, -0.2) is 29.5 Å². The number of pyridine rings is 1. The van der Waals surface area contributed by atoms with Crippen molar-refractivity contribution in [2.45, 2.75) is 24.9 Å². The van der Waals surface area contributed by atoms with Crippen LogP contribution in [-0.2, 0) is 4.79 Å². The number of rotatable bonds is 2. The predicted octanol–water partition coefficient (Wildman–Crippen LogP) is -0.137. The molecule has 5 nitrogen and oxygen atoms in total. The van der Waals surface area contributed by atoms with E-state index in [9.17, 15) is 4.79 Å². The van der Waals surface area contributed by atoms with Crippen LogP contribution in [0.5, 0.6) is 0 Å². The molecule has 1 aromatic heterocycles. The summed E-state index contributed by atoms with van der Waals surface area (Å²) >= 11 is 0. The van der Waals surface area contributed by atoms with Crippen molar-refractivity contribution in [1.29, 1.82) is 0 Å². The van der Waals surface area contributed by atoms with Crippen molar-refractivity contribution in [3.63, 3.8) is 0 Å². The minimum Gasteiger partial charge on any atom is -0.368 e. The van der Waals surface area contributed by atoms with Crippen molar-refractivity contribution >= 4 is 11.6 Å². The molecule has 1 saturated heterocycles. The Kier molecular flexibility index (Phi) is 3.05. The highest BCUT2D eigenvalue weighted by molar-refractivity contribution is 5.84. The van der Waals surface area contributed by atoms with E-state index in [0.717, 1.165) is 25.1 Å². The van der Waals surface area contributed by atoms with Gasteiger partial charge in [0.25, 0.3) is 0 Å². The van der Waals surface area contributed by atoms with Crippen LogP contribution in [0.25, 0.3) is 0 Å². The zero-order valence-corrected chi connectivity index (χ0v) is 9.04. The van der Waals surface area contributed by atoms with Gasteiger partial charge in [-0.05, 0) is 25.0 Å². The van der Waals surface area contributed by atoms with E-state index in [0.29, 0.717) is 0 Å². The molecule has 1 aliphatic heterocycles. The van der Waals surface area contributed by atoms with E-state index in [4.69, 9.17) is 11.5 Å². The van der Waals surface area contributed by atoms with E-state index >= 15 is 0 Å². The summed E-state index contributed by atoms with van der Waals surface area (Å²) in [7, 11) is 0. The summed E-state index contributed by atoms with van der Waals surface area (Å²) in [5.74, 6) is -0.357. The minimum absolute atomic E-state index is 0.181. The maximum Gasteiger partial charge on any atom is 0.241 e. The van der Waals surface area contributed by atoms with Crippen molar-refractivity contribution in [2.24, 2.45) is 11.5 Å². The van der Waals surface area contributed by atoms with Gasteiger partial charge in [0.2, 0.25) is 5.91 Å². The van der Waals surface area contributed by atoms with Gasteiger partial charge >= 0.3 is 0 Å². The second-order valence-corrected chi connectivity index (χ2v) is 4.05. The Balaban J connectivity index is 2.27. The van der Waals surface area contributed by atoms with Gasteiger partial charge < -0.3 is 16.4 Å². The van der Waals surface area contributed by atoms with Gasteiger partial charge in [-0.3, -0.25) is 9.78 Å². The van der Waals surface area contributed by atoms with Crippen LogP contribution in [0.1, 0.15) is 12.8 Å². The molecule has 1 amide bonds. The molecule has 0 bridgehead atoms. The minimum atomic E-state index is -0.406. The lowest BCUT2D eigenvalue weighted by Crippen LogP contribution is -2.58. The number of carbonyl (C=O) groups is 1. The summed E-state index contributed by atoms with van der Waals surface area (Å²) in [6.07, 6.45) is 5.23. The topological polar surface area (TPSA) is 85.2 Å². The van der Waals surface area contributed by atoms with Gasteiger partial charge in [0, 0.05) is 30.7 Å². The average molecular weight is 220 g/mol. The van der Waals surface area contributed by atoms with Crippen LogP contribution < -0.4 is 16.4 Å². The maximum absolute atomic E-state index is 11.4. The predicted molar refractivity (Wildman–Crippen MR) is 61.8 cm³/mol. The fourth-order valence-electron chi connectivity index (χ4n) is 2.22. The molecule has 1 unspecified atom stereocenters. The largest absolute Gasteiger partial charge is 0.368 e. The van der Waals surface area contributed by atoms with E-state index in [1.807, 2.05) is 17.0 Å². The third-order valence-corrected chi connectivity index (χ3v) is 2.96. The molecule has 16 heavy (non-hydrogen) atoms. The molecule has 1 aromatic rings. The van der Waals surface area contributed by atoms with Gasteiger partial charge in [-0.15, -0.1) is 0 Å². The van der Waals surface area contributed by atoms with Crippen molar-refractivity contribution in [3.8, 4) is 0 Å². The molecule has 0 radical (unpaired) electrons. The van der Waals surface area contributed by atoms with E-state index in [1.54, 1.807) is 12.4 Å². The Bertz CT molecular complexity index is 368. The second kappa shape index (κ2) is 4.49. The Morgan fingerprint density at radius 3 is 2.75 bits per heavy atom. The number of primary amides is 1. The van der Waals surface area contributed by atoms with Gasteiger partial charge in [0.05, 0.1) is 0 Å². The first-order valence-corrected chi connectivity index (χ1v) is 5.41. The summed E-state index contributed by atoms with van der Waals surface area (Å²) < 4.78 is 0. The monoisotopic (exact) mass is 220 g/mol. The number of piperidine rings is 1. The normalized spacial score (nSPS) is 25.4. The summed E-state index contributed by atoms with van der Waals surface area (Å²) in [5.41, 5.74) is 12.3. The van der Waals surface area contributed by atoms with E-state index in [2.05, 4.69) is 4.98 Å². The molecule has 5 heteroatoms. The van der Waals surface area contributed by atoms with Crippen LogP contribution in [0.2, 0.25) is 0 Å². The summed E-state index contributed by atoms with van der Waals surface area (Å²) in [4.78, 5) is 17.4. The maximum atomic E-state index is 11.4. The molecule has 4 N–H and O–H groups in total. The lowest BCUT2D eigenvalue weighted by atomic mass is 9.96. The summed E-state index contributed by atoms with van der Waals surface area (Å²) in [6.45, 7) is 0.811. The number of nitrogens with zero attached hydrogens (tertiary/aromatic N) is 2. The lowest BCUT2D eigenvalue weighted by Gasteiger charge is -2.39. The number of hydrogen-bond donors (Lipinski definition) is 2. The number of anilines is 1. The van der Waals surface area contributed by atoms with E-state index in [1.165, 1.54) is 0 Å². The number of aromatic nitrogens is 1. The highest BCUT2D eigenvalue weighted by Crippen LogP contribution is 2.23. The fourth-order valence-corrected chi connectivity index (χ4v) is 2.22. The summed E-state index contributed by atoms with van der Waals surface area (Å²) in [5, 5.41) is 0. The Hall–Kier alpha value is -1.62. The molecule has 2 rings (SSSR count). The molecule has 86 valence electrons. The van der Waals surface area contributed by atoms with Crippen molar-refractivity contribution < 1.29 is 4.79 Å². The number of carbonyl (C=O) groups excluding carboxylic acids is 1. The number of hydrogen-bond acceptors (Lipinski definition) is 4. The standard InChI is InChI=1S/C11H16N4O/c12-9-2-1-7-15(10(9)11(13)16)8-3-5-14-6-4-8/h3-6,9-10H,1-2,7,12H2,(H2,13,16)/t9-,10?/m0/s1. The molecule has 1 aliphatic rings. The third kappa shape index (κ3) is 1.99. The molecule has 1 fully saturated rings. The molecule has 2 atom stereocenters. The smallest absolute Gasteiger partial charge is 0.241 e. The Morgan fingerprint density at radius 2 is 2.12 bits per heavy atom. The SMILES string of the molecule is NC(=O)C1[C@@H](N)CCCN1c1ccncc1. The quantitative estimate of drug-likeness (QED) is 0.726. The number of nitrogens with two attached hydrogens (primary N) is 2. The van der Waals surface area contributed by atoms with Gasteiger partial charge in [0.1, 0.15) is 6.04 Å². The first-order chi connectivity index (χ1) is 7.70. The second-order valence-electron chi connectivity index (χ2n) is 4.05. The Morgan fingerprint density at radius 1 is 1.44 bits per heavy atom. The number of amides is 1. The Labute approximate surface area is 94.4 Å². The highest BCUT2D eigenvalue weighted by atomic mass is 16.1.